The first kappa shape index (κ1) is 13.1. The molecule has 1 aromatic carbocycles. The molecule has 1 atom stereocenters. The van der Waals surface area contributed by atoms with Crippen molar-refractivity contribution in [2.24, 2.45) is 0 Å². The van der Waals surface area contributed by atoms with Gasteiger partial charge in [0.1, 0.15) is 0 Å². The second-order valence-corrected chi connectivity index (χ2v) is 5.60. The van der Waals surface area contributed by atoms with E-state index in [1.807, 2.05) is 19.1 Å². The molecule has 0 saturated carbocycles. The Labute approximate surface area is 109 Å². The van der Waals surface area contributed by atoms with E-state index in [1.165, 1.54) is 5.56 Å². The first-order valence-electron chi connectivity index (χ1n) is 6.68. The van der Waals surface area contributed by atoms with Gasteiger partial charge in [-0.05, 0) is 49.9 Å². The first-order chi connectivity index (χ1) is 8.51. The van der Waals surface area contributed by atoms with E-state index in [2.05, 4.69) is 36.6 Å². The molecule has 0 aromatic heterocycles. The molecule has 1 unspecified atom stereocenters. The molecule has 1 amide bonds. The fourth-order valence-corrected chi connectivity index (χ4v) is 2.33. The monoisotopic (exact) mass is 246 g/mol. The number of nitrogens with one attached hydrogen (secondary N) is 2. The lowest BCUT2D eigenvalue weighted by atomic mass is 9.98. The van der Waals surface area contributed by atoms with Gasteiger partial charge in [0, 0.05) is 5.69 Å². The normalized spacial score (nSPS) is 23.3. The Morgan fingerprint density at radius 3 is 2.83 bits per heavy atom. The van der Waals surface area contributed by atoms with Crippen molar-refractivity contribution >= 4 is 11.6 Å². The Balaban J connectivity index is 2.09. The van der Waals surface area contributed by atoms with Crippen molar-refractivity contribution in [3.8, 4) is 0 Å². The van der Waals surface area contributed by atoms with Gasteiger partial charge in [-0.2, -0.15) is 0 Å². The average Bonchev–Trinajstić information content (AvgIpc) is 2.78. The second-order valence-electron chi connectivity index (χ2n) is 5.60. The number of carbonyl (C=O) groups excluding carboxylic acids is 1. The predicted octanol–water partition coefficient (Wildman–Crippen LogP) is 2.89. The summed E-state index contributed by atoms with van der Waals surface area (Å²) in [4.78, 5) is 12.2. The molecule has 0 bridgehead atoms. The van der Waals surface area contributed by atoms with Crippen molar-refractivity contribution in [3.05, 3.63) is 29.8 Å². The molecule has 3 nitrogen and oxygen atoms in total. The van der Waals surface area contributed by atoms with Crippen LogP contribution >= 0.6 is 0 Å². The van der Waals surface area contributed by atoms with Crippen LogP contribution in [-0.4, -0.2) is 18.0 Å². The molecule has 3 heteroatoms. The number of anilines is 1. The Bertz CT molecular complexity index is 434. The van der Waals surface area contributed by atoms with E-state index in [0.717, 1.165) is 25.1 Å². The van der Waals surface area contributed by atoms with Gasteiger partial charge in [-0.1, -0.05) is 26.0 Å². The zero-order chi connectivity index (χ0) is 13.2. The van der Waals surface area contributed by atoms with Crippen molar-refractivity contribution in [1.29, 1.82) is 0 Å². The maximum absolute atomic E-state index is 12.2. The highest BCUT2D eigenvalue weighted by Crippen LogP contribution is 2.23. The number of rotatable bonds is 3. The second kappa shape index (κ2) is 5.11. The summed E-state index contributed by atoms with van der Waals surface area (Å²) in [5.74, 6) is 0.544. The molecule has 1 fully saturated rings. The molecule has 1 aliphatic heterocycles. The third-order valence-corrected chi connectivity index (χ3v) is 3.68. The van der Waals surface area contributed by atoms with Crippen molar-refractivity contribution < 1.29 is 4.79 Å². The van der Waals surface area contributed by atoms with Crippen LogP contribution in [0, 0.1) is 0 Å². The van der Waals surface area contributed by atoms with Gasteiger partial charge in [0.05, 0.1) is 5.54 Å². The molecule has 1 saturated heterocycles. The van der Waals surface area contributed by atoms with Crippen LogP contribution < -0.4 is 10.6 Å². The van der Waals surface area contributed by atoms with Gasteiger partial charge >= 0.3 is 0 Å². The quantitative estimate of drug-likeness (QED) is 0.861. The summed E-state index contributed by atoms with van der Waals surface area (Å²) in [6.45, 7) is 7.21. The maximum atomic E-state index is 12.2. The van der Waals surface area contributed by atoms with Gasteiger partial charge in [0.15, 0.2) is 0 Å². The molecule has 18 heavy (non-hydrogen) atoms. The van der Waals surface area contributed by atoms with Crippen LogP contribution in [-0.2, 0) is 4.79 Å². The molecule has 1 aromatic rings. The highest BCUT2D eigenvalue weighted by molar-refractivity contribution is 5.98. The molecule has 0 radical (unpaired) electrons. The minimum Gasteiger partial charge on any atom is -0.324 e. The Morgan fingerprint density at radius 1 is 1.44 bits per heavy atom. The Hall–Kier alpha value is -1.35. The van der Waals surface area contributed by atoms with Crippen LogP contribution in [0.3, 0.4) is 0 Å². The summed E-state index contributed by atoms with van der Waals surface area (Å²) in [6, 6.07) is 8.09. The standard InChI is InChI=1S/C15H22N2O/c1-11(2)12-6-4-7-13(10-12)17-14(18)15(3)8-5-9-16-15/h4,6-7,10-11,16H,5,8-9H2,1-3H3,(H,17,18). The van der Waals surface area contributed by atoms with Gasteiger partial charge < -0.3 is 10.6 Å². The van der Waals surface area contributed by atoms with Gasteiger partial charge in [0.2, 0.25) is 5.91 Å². The minimum atomic E-state index is -0.409. The van der Waals surface area contributed by atoms with Crippen molar-refractivity contribution in [2.45, 2.75) is 45.1 Å². The number of benzene rings is 1. The molecule has 98 valence electrons. The first-order valence-corrected chi connectivity index (χ1v) is 6.68. The summed E-state index contributed by atoms with van der Waals surface area (Å²) >= 11 is 0. The third kappa shape index (κ3) is 2.72. The largest absolute Gasteiger partial charge is 0.324 e. The number of hydrogen-bond donors (Lipinski definition) is 2. The van der Waals surface area contributed by atoms with Gasteiger partial charge in [-0.25, -0.2) is 0 Å². The van der Waals surface area contributed by atoms with E-state index in [4.69, 9.17) is 0 Å². The number of hydrogen-bond acceptors (Lipinski definition) is 2. The Kier molecular flexibility index (Phi) is 3.71. The number of carbonyl (C=O) groups is 1. The zero-order valence-corrected chi connectivity index (χ0v) is 11.4. The molecule has 0 spiro atoms. The van der Waals surface area contributed by atoms with Gasteiger partial charge in [0.25, 0.3) is 0 Å². The summed E-state index contributed by atoms with van der Waals surface area (Å²) < 4.78 is 0. The van der Waals surface area contributed by atoms with E-state index >= 15 is 0 Å². The topological polar surface area (TPSA) is 41.1 Å². The molecule has 2 N–H and O–H groups in total. The predicted molar refractivity (Wildman–Crippen MR) is 74.8 cm³/mol. The fraction of sp³-hybridized carbons (Fsp3) is 0.533. The van der Waals surface area contributed by atoms with E-state index in [1.54, 1.807) is 0 Å². The van der Waals surface area contributed by atoms with Crippen LogP contribution in [0.5, 0.6) is 0 Å². The lowest BCUT2D eigenvalue weighted by Gasteiger charge is -2.23. The number of amides is 1. The van der Waals surface area contributed by atoms with Crippen LogP contribution in [0.2, 0.25) is 0 Å². The van der Waals surface area contributed by atoms with Gasteiger partial charge in [-0.3, -0.25) is 4.79 Å². The van der Waals surface area contributed by atoms with E-state index in [9.17, 15) is 4.79 Å². The third-order valence-electron chi connectivity index (χ3n) is 3.68. The highest BCUT2D eigenvalue weighted by atomic mass is 16.2. The summed E-state index contributed by atoms with van der Waals surface area (Å²) in [7, 11) is 0. The van der Waals surface area contributed by atoms with Crippen molar-refractivity contribution in [3.63, 3.8) is 0 Å². The lowest BCUT2D eigenvalue weighted by Crippen LogP contribution is -2.47. The fourth-order valence-electron chi connectivity index (χ4n) is 2.33. The molecule has 0 aliphatic carbocycles. The van der Waals surface area contributed by atoms with E-state index in [0.29, 0.717) is 5.92 Å². The van der Waals surface area contributed by atoms with Crippen LogP contribution in [0.25, 0.3) is 0 Å². The minimum absolute atomic E-state index is 0.0703. The molecular weight excluding hydrogens is 224 g/mol. The zero-order valence-electron chi connectivity index (χ0n) is 11.4. The van der Waals surface area contributed by atoms with Crippen molar-refractivity contribution in [2.75, 3.05) is 11.9 Å². The molecule has 1 aliphatic rings. The smallest absolute Gasteiger partial charge is 0.244 e. The molecular formula is C15H22N2O. The summed E-state index contributed by atoms with van der Waals surface area (Å²) in [6.07, 6.45) is 1.97. The Morgan fingerprint density at radius 2 is 2.22 bits per heavy atom. The maximum Gasteiger partial charge on any atom is 0.244 e. The van der Waals surface area contributed by atoms with Crippen molar-refractivity contribution in [1.82, 2.24) is 5.32 Å². The van der Waals surface area contributed by atoms with Crippen LogP contribution in [0.15, 0.2) is 24.3 Å². The van der Waals surface area contributed by atoms with Gasteiger partial charge in [-0.15, -0.1) is 0 Å². The van der Waals surface area contributed by atoms with Crippen LogP contribution in [0.4, 0.5) is 5.69 Å². The SMILES string of the molecule is CC(C)c1cccc(NC(=O)C2(C)CCCN2)c1. The van der Waals surface area contributed by atoms with Crippen LogP contribution in [0.1, 0.15) is 45.1 Å². The average molecular weight is 246 g/mol. The summed E-state index contributed by atoms with van der Waals surface area (Å²) in [5.41, 5.74) is 1.73. The molecule has 2 rings (SSSR count). The molecule has 1 heterocycles. The lowest BCUT2D eigenvalue weighted by molar-refractivity contribution is -0.121. The van der Waals surface area contributed by atoms with E-state index < -0.39 is 5.54 Å². The summed E-state index contributed by atoms with van der Waals surface area (Å²) in [5, 5.41) is 6.30. The highest BCUT2D eigenvalue weighted by Gasteiger charge is 2.35. The van der Waals surface area contributed by atoms with E-state index in [-0.39, 0.29) is 5.91 Å².